The van der Waals surface area contributed by atoms with Crippen LogP contribution in [0, 0.1) is 5.92 Å². The van der Waals surface area contributed by atoms with E-state index < -0.39 is 0 Å². The summed E-state index contributed by atoms with van der Waals surface area (Å²) in [6.07, 6.45) is 0. The Morgan fingerprint density at radius 2 is 1.44 bits per heavy atom. The highest BCUT2D eigenvalue weighted by Crippen LogP contribution is 2.54. The lowest BCUT2D eigenvalue weighted by molar-refractivity contribution is 0.414. The van der Waals surface area contributed by atoms with Crippen molar-refractivity contribution in [2.75, 3.05) is 7.11 Å². The summed E-state index contributed by atoms with van der Waals surface area (Å²) in [6, 6.07) is 28.3. The number of fused-ring (bicyclic) bond motifs is 1. The molecular formula is C23H22OS. The number of ether oxygens (including phenoxy) is 1. The Morgan fingerprint density at radius 1 is 0.760 bits per heavy atom. The van der Waals surface area contributed by atoms with E-state index in [1.54, 1.807) is 7.11 Å². The molecule has 0 fully saturated rings. The summed E-state index contributed by atoms with van der Waals surface area (Å²) >= 11 is 2.00. The van der Waals surface area contributed by atoms with Crippen LogP contribution in [0.2, 0.25) is 0 Å². The van der Waals surface area contributed by atoms with Crippen LogP contribution in [0.3, 0.4) is 0 Å². The van der Waals surface area contributed by atoms with E-state index in [1.165, 1.54) is 21.6 Å². The molecule has 1 aliphatic rings. The van der Waals surface area contributed by atoms with Crippen molar-refractivity contribution in [3.63, 3.8) is 0 Å². The predicted molar refractivity (Wildman–Crippen MR) is 105 cm³/mol. The number of hydrogen-bond donors (Lipinski definition) is 0. The lowest BCUT2D eigenvalue weighted by atomic mass is 9.78. The average Bonchev–Trinajstić information content (AvgIpc) is 2.68. The smallest absolute Gasteiger partial charge is 0.118 e. The van der Waals surface area contributed by atoms with E-state index in [4.69, 9.17) is 4.74 Å². The van der Waals surface area contributed by atoms with Crippen LogP contribution in [0.5, 0.6) is 5.75 Å². The molecule has 126 valence electrons. The molecule has 0 aromatic heterocycles. The van der Waals surface area contributed by atoms with Gasteiger partial charge in [-0.2, -0.15) is 0 Å². The fourth-order valence-electron chi connectivity index (χ4n) is 3.86. The van der Waals surface area contributed by atoms with E-state index in [-0.39, 0.29) is 0 Å². The molecule has 0 amide bonds. The van der Waals surface area contributed by atoms with Crippen molar-refractivity contribution in [3.05, 3.63) is 95.6 Å². The third kappa shape index (κ3) is 3.07. The van der Waals surface area contributed by atoms with Gasteiger partial charge in [0.25, 0.3) is 0 Å². The van der Waals surface area contributed by atoms with E-state index in [0.29, 0.717) is 17.1 Å². The molecule has 0 N–H and O–H groups in total. The van der Waals surface area contributed by atoms with Crippen molar-refractivity contribution < 1.29 is 4.74 Å². The summed E-state index contributed by atoms with van der Waals surface area (Å²) < 4.78 is 5.34. The van der Waals surface area contributed by atoms with Gasteiger partial charge in [0.05, 0.1) is 7.11 Å². The van der Waals surface area contributed by atoms with Crippen molar-refractivity contribution >= 4 is 11.8 Å². The van der Waals surface area contributed by atoms with Crippen molar-refractivity contribution in [1.29, 1.82) is 0 Å². The largest absolute Gasteiger partial charge is 0.497 e. The van der Waals surface area contributed by atoms with Crippen LogP contribution in [0.25, 0.3) is 0 Å². The molecule has 0 saturated heterocycles. The quantitative estimate of drug-likeness (QED) is 0.549. The zero-order valence-electron chi connectivity index (χ0n) is 14.6. The summed E-state index contributed by atoms with van der Waals surface area (Å²) in [5, 5.41) is 0.461. The number of benzene rings is 3. The van der Waals surface area contributed by atoms with Gasteiger partial charge in [-0.3, -0.25) is 0 Å². The highest BCUT2D eigenvalue weighted by atomic mass is 32.2. The predicted octanol–water partition coefficient (Wildman–Crippen LogP) is 6.31. The summed E-state index contributed by atoms with van der Waals surface area (Å²) in [7, 11) is 1.72. The Bertz CT molecular complexity index is 841. The summed E-state index contributed by atoms with van der Waals surface area (Å²) in [5.41, 5.74) is 4.22. The van der Waals surface area contributed by atoms with E-state index in [1.807, 2.05) is 11.8 Å². The first-order valence-electron chi connectivity index (χ1n) is 8.72. The number of hydrogen-bond acceptors (Lipinski definition) is 2. The molecule has 3 unspecified atom stereocenters. The molecule has 1 nitrogen and oxygen atoms in total. The van der Waals surface area contributed by atoms with Gasteiger partial charge in [-0.1, -0.05) is 67.6 Å². The first-order chi connectivity index (χ1) is 12.3. The number of methoxy groups -OCH3 is 1. The van der Waals surface area contributed by atoms with Crippen molar-refractivity contribution in [1.82, 2.24) is 0 Å². The highest BCUT2D eigenvalue weighted by Gasteiger charge is 2.36. The van der Waals surface area contributed by atoms with Crippen molar-refractivity contribution in [2.24, 2.45) is 5.92 Å². The first-order valence-corrected chi connectivity index (χ1v) is 9.60. The SMILES string of the molecule is COc1ccc(C2c3ccccc3SC(c3ccccc3)C2C)cc1. The molecule has 0 saturated carbocycles. The van der Waals surface area contributed by atoms with E-state index >= 15 is 0 Å². The number of thioether (sulfide) groups is 1. The Morgan fingerprint density at radius 3 is 2.16 bits per heavy atom. The Balaban J connectivity index is 1.80. The monoisotopic (exact) mass is 346 g/mol. The maximum absolute atomic E-state index is 5.34. The Labute approximate surface area is 154 Å². The summed E-state index contributed by atoms with van der Waals surface area (Å²) in [5.74, 6) is 1.82. The van der Waals surface area contributed by atoms with Crippen LogP contribution in [0.1, 0.15) is 34.8 Å². The Kier molecular flexibility index (Phi) is 4.54. The highest BCUT2D eigenvalue weighted by molar-refractivity contribution is 7.99. The molecule has 3 aromatic carbocycles. The van der Waals surface area contributed by atoms with Gasteiger partial charge in [-0.15, -0.1) is 11.8 Å². The second kappa shape index (κ2) is 6.97. The zero-order chi connectivity index (χ0) is 17.2. The molecule has 25 heavy (non-hydrogen) atoms. The maximum atomic E-state index is 5.34. The molecule has 0 bridgehead atoms. The number of rotatable bonds is 3. The fraction of sp³-hybridized carbons (Fsp3) is 0.217. The Hall–Kier alpha value is -2.19. The van der Waals surface area contributed by atoms with Crippen molar-refractivity contribution in [3.8, 4) is 5.75 Å². The first kappa shape index (κ1) is 16.3. The third-order valence-electron chi connectivity index (χ3n) is 5.11. The maximum Gasteiger partial charge on any atom is 0.118 e. The topological polar surface area (TPSA) is 9.23 Å². The molecular weight excluding hydrogens is 324 g/mol. The molecule has 3 atom stereocenters. The molecule has 0 aliphatic carbocycles. The zero-order valence-corrected chi connectivity index (χ0v) is 15.4. The average molecular weight is 346 g/mol. The van der Waals surface area contributed by atoms with Gasteiger partial charge in [0, 0.05) is 16.1 Å². The van der Waals surface area contributed by atoms with Crippen LogP contribution in [-0.4, -0.2) is 7.11 Å². The normalized spacial score (nSPS) is 22.2. The van der Waals surface area contributed by atoms with Crippen LogP contribution >= 0.6 is 11.8 Å². The third-order valence-corrected chi connectivity index (χ3v) is 6.70. The van der Waals surface area contributed by atoms with Gasteiger partial charge in [0.2, 0.25) is 0 Å². The lowest BCUT2D eigenvalue weighted by Gasteiger charge is -2.38. The minimum absolute atomic E-state index is 0.397. The molecule has 3 aromatic rings. The molecule has 1 aliphatic heterocycles. The van der Waals surface area contributed by atoms with Crippen LogP contribution in [0.4, 0.5) is 0 Å². The van der Waals surface area contributed by atoms with Crippen LogP contribution < -0.4 is 4.74 Å². The summed E-state index contributed by atoms with van der Waals surface area (Å²) in [4.78, 5) is 1.40. The summed E-state index contributed by atoms with van der Waals surface area (Å²) in [6.45, 7) is 2.38. The van der Waals surface area contributed by atoms with E-state index in [0.717, 1.165) is 5.75 Å². The standard InChI is InChI=1S/C23H22OS/c1-16-22(17-12-14-19(24-2)15-13-17)20-10-6-7-11-21(20)25-23(16)18-8-4-3-5-9-18/h3-16,22-23H,1-2H3. The minimum Gasteiger partial charge on any atom is -0.497 e. The van der Waals surface area contributed by atoms with Gasteiger partial charge in [0.15, 0.2) is 0 Å². The van der Waals surface area contributed by atoms with Crippen molar-refractivity contribution in [2.45, 2.75) is 23.0 Å². The lowest BCUT2D eigenvalue weighted by Crippen LogP contribution is -2.22. The second-order valence-electron chi connectivity index (χ2n) is 6.60. The van der Waals surface area contributed by atoms with E-state index in [9.17, 15) is 0 Å². The van der Waals surface area contributed by atoms with Gasteiger partial charge >= 0.3 is 0 Å². The van der Waals surface area contributed by atoms with Gasteiger partial charge < -0.3 is 4.74 Å². The second-order valence-corrected chi connectivity index (χ2v) is 7.78. The van der Waals surface area contributed by atoms with Gasteiger partial charge in [-0.05, 0) is 40.8 Å². The molecule has 0 radical (unpaired) electrons. The van der Waals surface area contributed by atoms with Gasteiger partial charge in [0.1, 0.15) is 5.75 Å². The molecule has 1 heterocycles. The van der Waals surface area contributed by atoms with E-state index in [2.05, 4.69) is 85.8 Å². The molecule has 4 rings (SSSR count). The molecule has 2 heteroatoms. The van der Waals surface area contributed by atoms with Crippen LogP contribution in [-0.2, 0) is 0 Å². The van der Waals surface area contributed by atoms with Crippen LogP contribution in [0.15, 0.2) is 83.8 Å². The van der Waals surface area contributed by atoms with Gasteiger partial charge in [-0.25, -0.2) is 0 Å². The fourth-order valence-corrected chi connectivity index (χ4v) is 5.28. The minimum atomic E-state index is 0.397. The molecule has 0 spiro atoms.